The Kier molecular flexibility index (Phi) is 5.86. The molecule has 2 N–H and O–H groups in total. The van der Waals surface area contributed by atoms with Crippen molar-refractivity contribution in [2.75, 3.05) is 11.9 Å². The van der Waals surface area contributed by atoms with Crippen molar-refractivity contribution in [1.82, 2.24) is 14.9 Å². The molecule has 0 aliphatic heterocycles. The van der Waals surface area contributed by atoms with Gasteiger partial charge in [0.05, 0.1) is 11.0 Å². The maximum atomic E-state index is 12.6. The summed E-state index contributed by atoms with van der Waals surface area (Å²) in [5, 5.41) is 5.74. The minimum Gasteiger partial charge on any atom is -0.356 e. The van der Waals surface area contributed by atoms with Gasteiger partial charge in [-0.2, -0.15) is 0 Å². The molecule has 0 saturated carbocycles. The van der Waals surface area contributed by atoms with E-state index >= 15 is 0 Å². The van der Waals surface area contributed by atoms with Gasteiger partial charge in [0, 0.05) is 25.6 Å². The third kappa shape index (κ3) is 4.94. The fourth-order valence-corrected chi connectivity index (χ4v) is 3.07. The fraction of sp³-hybridized carbons (Fsp3) is 0.286. The summed E-state index contributed by atoms with van der Waals surface area (Å²) in [5.41, 5.74) is 3.69. The molecular weight excluding hydrogens is 340 g/mol. The zero-order valence-electron chi connectivity index (χ0n) is 15.7. The lowest BCUT2D eigenvalue weighted by atomic mass is 10.2. The van der Waals surface area contributed by atoms with Crippen LogP contribution in [0.2, 0.25) is 0 Å². The number of hydrogen-bond donors (Lipinski definition) is 2. The van der Waals surface area contributed by atoms with E-state index in [2.05, 4.69) is 15.6 Å². The van der Waals surface area contributed by atoms with Gasteiger partial charge in [-0.15, -0.1) is 0 Å². The number of fused-ring (bicyclic) bond motifs is 1. The van der Waals surface area contributed by atoms with Crippen molar-refractivity contribution in [2.24, 2.45) is 0 Å². The second-order valence-electron chi connectivity index (χ2n) is 6.61. The number of para-hydroxylation sites is 2. The van der Waals surface area contributed by atoms with E-state index in [1.54, 1.807) is 0 Å². The molecule has 140 valence electrons. The van der Waals surface area contributed by atoms with E-state index in [0.717, 1.165) is 34.5 Å². The van der Waals surface area contributed by atoms with Crippen LogP contribution in [-0.4, -0.2) is 27.9 Å². The van der Waals surface area contributed by atoms with Crippen molar-refractivity contribution in [3.05, 3.63) is 59.9 Å². The zero-order chi connectivity index (χ0) is 19.2. The Morgan fingerprint density at radius 2 is 1.93 bits per heavy atom. The molecular formula is C21H24N4O2. The monoisotopic (exact) mass is 364 g/mol. The van der Waals surface area contributed by atoms with Crippen molar-refractivity contribution in [3.63, 3.8) is 0 Å². The Bertz CT molecular complexity index is 962. The second kappa shape index (κ2) is 8.49. The minimum atomic E-state index is -0.0909. The first-order chi connectivity index (χ1) is 13.0. The van der Waals surface area contributed by atoms with Gasteiger partial charge in [-0.3, -0.25) is 9.59 Å². The van der Waals surface area contributed by atoms with Crippen LogP contribution in [0.4, 0.5) is 5.69 Å². The predicted octanol–water partition coefficient (Wildman–Crippen LogP) is 3.05. The van der Waals surface area contributed by atoms with E-state index in [4.69, 9.17) is 0 Å². The molecule has 0 radical (unpaired) electrons. The smallest absolute Gasteiger partial charge is 0.244 e. The lowest BCUT2D eigenvalue weighted by molar-refractivity contribution is -0.119. The number of aryl methyl sites for hydroxylation is 2. The third-order valence-electron chi connectivity index (χ3n) is 4.29. The summed E-state index contributed by atoms with van der Waals surface area (Å²) in [7, 11) is 0. The molecule has 0 saturated heterocycles. The molecule has 1 aromatic heterocycles. The van der Waals surface area contributed by atoms with Gasteiger partial charge < -0.3 is 15.2 Å². The van der Waals surface area contributed by atoms with Crippen LogP contribution in [-0.2, 0) is 22.6 Å². The highest BCUT2D eigenvalue weighted by molar-refractivity contribution is 5.91. The SMILES string of the molecule is CC(=O)NCCCc1nc2ccccc2n1CC(=O)Nc1cccc(C)c1. The van der Waals surface area contributed by atoms with Gasteiger partial charge in [0.2, 0.25) is 11.8 Å². The first kappa shape index (κ1) is 18.6. The highest BCUT2D eigenvalue weighted by atomic mass is 16.2. The summed E-state index contributed by atoms with van der Waals surface area (Å²) in [6.07, 6.45) is 1.45. The number of nitrogens with one attached hydrogen (secondary N) is 2. The summed E-state index contributed by atoms with van der Waals surface area (Å²) < 4.78 is 1.95. The van der Waals surface area contributed by atoms with Crippen LogP contribution in [0.5, 0.6) is 0 Å². The third-order valence-corrected chi connectivity index (χ3v) is 4.29. The van der Waals surface area contributed by atoms with Gasteiger partial charge >= 0.3 is 0 Å². The molecule has 6 heteroatoms. The Hall–Kier alpha value is -3.15. The van der Waals surface area contributed by atoms with Crippen LogP contribution < -0.4 is 10.6 Å². The largest absolute Gasteiger partial charge is 0.356 e. The van der Waals surface area contributed by atoms with E-state index in [-0.39, 0.29) is 18.4 Å². The molecule has 0 bridgehead atoms. The van der Waals surface area contributed by atoms with Gasteiger partial charge in [-0.05, 0) is 43.2 Å². The molecule has 3 rings (SSSR count). The Balaban J connectivity index is 1.76. The summed E-state index contributed by atoms with van der Waals surface area (Å²) in [6, 6.07) is 15.5. The van der Waals surface area contributed by atoms with Gasteiger partial charge in [0.1, 0.15) is 12.4 Å². The Morgan fingerprint density at radius 1 is 1.11 bits per heavy atom. The van der Waals surface area contributed by atoms with Crippen LogP contribution in [0, 0.1) is 6.92 Å². The van der Waals surface area contributed by atoms with E-state index in [1.807, 2.05) is 60.0 Å². The summed E-state index contributed by atoms with van der Waals surface area (Å²) >= 11 is 0. The molecule has 0 spiro atoms. The molecule has 2 amide bonds. The van der Waals surface area contributed by atoms with E-state index < -0.39 is 0 Å². The van der Waals surface area contributed by atoms with E-state index in [1.165, 1.54) is 6.92 Å². The molecule has 1 heterocycles. The Labute approximate surface area is 158 Å². The van der Waals surface area contributed by atoms with Gasteiger partial charge in [-0.1, -0.05) is 24.3 Å². The molecule has 6 nitrogen and oxygen atoms in total. The molecule has 0 aliphatic carbocycles. The molecule has 0 aliphatic rings. The number of hydrogen-bond acceptors (Lipinski definition) is 3. The van der Waals surface area contributed by atoms with Crippen LogP contribution >= 0.6 is 0 Å². The van der Waals surface area contributed by atoms with Crippen LogP contribution in [0.25, 0.3) is 11.0 Å². The highest BCUT2D eigenvalue weighted by Crippen LogP contribution is 2.18. The first-order valence-electron chi connectivity index (χ1n) is 9.08. The topological polar surface area (TPSA) is 76.0 Å². The average Bonchev–Trinajstić information content (AvgIpc) is 2.96. The number of carbonyl (C=O) groups excluding carboxylic acids is 2. The summed E-state index contributed by atoms with van der Waals surface area (Å²) in [6.45, 7) is 4.29. The van der Waals surface area contributed by atoms with Crippen molar-refractivity contribution in [2.45, 2.75) is 33.2 Å². The molecule has 0 fully saturated rings. The van der Waals surface area contributed by atoms with Crippen LogP contribution in [0.3, 0.4) is 0 Å². The van der Waals surface area contributed by atoms with Crippen LogP contribution in [0.1, 0.15) is 24.7 Å². The predicted molar refractivity (Wildman–Crippen MR) is 107 cm³/mol. The summed E-state index contributed by atoms with van der Waals surface area (Å²) in [5.74, 6) is 0.717. The van der Waals surface area contributed by atoms with Gasteiger partial charge in [0.25, 0.3) is 0 Å². The maximum Gasteiger partial charge on any atom is 0.244 e. The lowest BCUT2D eigenvalue weighted by Gasteiger charge is -2.11. The van der Waals surface area contributed by atoms with Gasteiger partial charge in [-0.25, -0.2) is 4.98 Å². The lowest BCUT2D eigenvalue weighted by Crippen LogP contribution is -2.23. The number of imidazole rings is 1. The number of aromatic nitrogens is 2. The molecule has 27 heavy (non-hydrogen) atoms. The number of amides is 2. The Morgan fingerprint density at radius 3 is 2.70 bits per heavy atom. The van der Waals surface area contributed by atoms with Gasteiger partial charge in [0.15, 0.2) is 0 Å². The molecule has 0 atom stereocenters. The standard InChI is InChI=1S/C21H24N4O2/c1-15-7-5-8-17(13-15)23-21(27)14-25-19-10-4-3-9-18(19)24-20(25)11-6-12-22-16(2)26/h3-5,7-10,13H,6,11-12,14H2,1-2H3,(H,22,26)(H,23,27). The van der Waals surface area contributed by atoms with Crippen molar-refractivity contribution in [1.29, 1.82) is 0 Å². The molecule has 0 unspecified atom stereocenters. The molecule has 3 aromatic rings. The quantitative estimate of drug-likeness (QED) is 0.633. The van der Waals surface area contributed by atoms with E-state index in [0.29, 0.717) is 13.0 Å². The zero-order valence-corrected chi connectivity index (χ0v) is 15.7. The van der Waals surface area contributed by atoms with Crippen molar-refractivity contribution >= 4 is 28.5 Å². The average molecular weight is 364 g/mol. The first-order valence-corrected chi connectivity index (χ1v) is 9.08. The normalized spacial score (nSPS) is 10.7. The van der Waals surface area contributed by atoms with Crippen molar-refractivity contribution < 1.29 is 9.59 Å². The number of carbonyl (C=O) groups is 2. The maximum absolute atomic E-state index is 12.6. The molecule has 2 aromatic carbocycles. The number of benzene rings is 2. The number of anilines is 1. The van der Waals surface area contributed by atoms with E-state index in [9.17, 15) is 9.59 Å². The second-order valence-corrected chi connectivity index (χ2v) is 6.61. The van der Waals surface area contributed by atoms with Crippen LogP contribution in [0.15, 0.2) is 48.5 Å². The summed E-state index contributed by atoms with van der Waals surface area (Å²) in [4.78, 5) is 28.3. The number of nitrogens with zero attached hydrogens (tertiary/aromatic N) is 2. The number of rotatable bonds is 7. The highest BCUT2D eigenvalue weighted by Gasteiger charge is 2.13. The van der Waals surface area contributed by atoms with Crippen molar-refractivity contribution in [3.8, 4) is 0 Å². The minimum absolute atomic E-state index is 0.0407. The fourth-order valence-electron chi connectivity index (χ4n) is 3.07.